The highest BCUT2D eigenvalue weighted by Crippen LogP contribution is 2.38. The van der Waals surface area contributed by atoms with E-state index in [1.54, 1.807) is 6.07 Å². The number of para-hydroxylation sites is 2. The van der Waals surface area contributed by atoms with Gasteiger partial charge in [0.25, 0.3) is 0 Å². The topological polar surface area (TPSA) is 35.6 Å². The third kappa shape index (κ3) is 2.22. The molecule has 2 aromatic heterocycles. The first-order valence-corrected chi connectivity index (χ1v) is 8.24. The minimum atomic E-state index is 0.527. The van der Waals surface area contributed by atoms with Gasteiger partial charge in [-0.15, -0.1) is 0 Å². The lowest BCUT2D eigenvalue weighted by molar-refractivity contribution is 0.727. The molecule has 0 N–H and O–H groups in total. The molecule has 0 bridgehead atoms. The number of halogens is 2. The van der Waals surface area contributed by atoms with Gasteiger partial charge in [-0.1, -0.05) is 47.5 Å². The second-order valence-electron chi connectivity index (χ2n) is 5.61. The quantitative estimate of drug-likeness (QED) is 0.504. The van der Waals surface area contributed by atoms with E-state index >= 15 is 0 Å². The first-order chi connectivity index (χ1) is 11.6. The summed E-state index contributed by atoms with van der Waals surface area (Å²) in [6.07, 6.45) is 1.81. The minimum absolute atomic E-state index is 0.527. The van der Waals surface area contributed by atoms with E-state index in [4.69, 9.17) is 23.2 Å². The van der Waals surface area contributed by atoms with Crippen LogP contribution in [0.2, 0.25) is 10.0 Å². The van der Waals surface area contributed by atoms with Crippen LogP contribution in [0.15, 0.2) is 48.8 Å². The first-order valence-electron chi connectivity index (χ1n) is 7.48. The molecule has 0 amide bonds. The molecule has 4 rings (SSSR count). The second-order valence-corrected chi connectivity index (χ2v) is 6.40. The Morgan fingerprint density at radius 1 is 1.00 bits per heavy atom. The summed E-state index contributed by atoms with van der Waals surface area (Å²) in [4.78, 5) is 4.48. The van der Waals surface area contributed by atoms with Crippen LogP contribution in [0.5, 0.6) is 0 Å². The lowest BCUT2D eigenvalue weighted by atomic mass is 10.1. The van der Waals surface area contributed by atoms with Crippen molar-refractivity contribution in [1.29, 1.82) is 0 Å². The van der Waals surface area contributed by atoms with Gasteiger partial charge in [0.15, 0.2) is 0 Å². The molecule has 0 radical (unpaired) electrons. The van der Waals surface area contributed by atoms with Crippen molar-refractivity contribution in [2.45, 2.75) is 6.92 Å². The van der Waals surface area contributed by atoms with Gasteiger partial charge in [0, 0.05) is 18.2 Å². The summed E-state index contributed by atoms with van der Waals surface area (Å²) in [5.41, 5.74) is 4.64. The Balaban J connectivity index is 2.06. The molecule has 0 spiro atoms. The van der Waals surface area contributed by atoms with Crippen LogP contribution in [-0.2, 0) is 7.05 Å². The number of benzene rings is 2. The van der Waals surface area contributed by atoms with Gasteiger partial charge in [-0.05, 0) is 25.1 Å². The fourth-order valence-electron chi connectivity index (χ4n) is 3.06. The SMILES string of the molecule is Cc1nn(C)c(-n2cnc3ccccc32)c1-c1cccc(Cl)c1Cl. The van der Waals surface area contributed by atoms with Crippen LogP contribution in [0.1, 0.15) is 5.69 Å². The molecule has 4 nitrogen and oxygen atoms in total. The number of hydrogen-bond donors (Lipinski definition) is 0. The maximum atomic E-state index is 6.47. The van der Waals surface area contributed by atoms with Crippen LogP contribution in [0.4, 0.5) is 0 Å². The molecule has 0 unspecified atom stereocenters. The van der Waals surface area contributed by atoms with Crippen molar-refractivity contribution < 1.29 is 0 Å². The Labute approximate surface area is 149 Å². The maximum Gasteiger partial charge on any atom is 0.144 e. The van der Waals surface area contributed by atoms with Crippen molar-refractivity contribution in [3.05, 3.63) is 64.5 Å². The molecule has 0 saturated carbocycles. The standard InChI is InChI=1S/C18H14Cl2N4/c1-11-16(12-6-5-7-13(19)17(12)20)18(23(2)22-11)24-10-21-14-8-3-4-9-15(14)24/h3-10H,1-2H3. The highest BCUT2D eigenvalue weighted by Gasteiger charge is 2.21. The smallest absolute Gasteiger partial charge is 0.144 e. The van der Waals surface area contributed by atoms with Gasteiger partial charge in [-0.3, -0.25) is 9.25 Å². The van der Waals surface area contributed by atoms with Crippen LogP contribution in [-0.4, -0.2) is 19.3 Å². The monoisotopic (exact) mass is 356 g/mol. The Morgan fingerprint density at radius 2 is 1.79 bits per heavy atom. The predicted octanol–water partition coefficient (Wildman–Crippen LogP) is 5.04. The van der Waals surface area contributed by atoms with Crippen LogP contribution in [0.25, 0.3) is 28.0 Å². The summed E-state index contributed by atoms with van der Waals surface area (Å²) in [5.74, 6) is 0.908. The van der Waals surface area contributed by atoms with Gasteiger partial charge in [0.2, 0.25) is 0 Å². The van der Waals surface area contributed by atoms with Gasteiger partial charge < -0.3 is 0 Å². The number of nitrogens with zero attached hydrogens (tertiary/aromatic N) is 4. The normalized spacial score (nSPS) is 11.3. The summed E-state index contributed by atoms with van der Waals surface area (Å²) in [6.45, 7) is 1.97. The average Bonchev–Trinajstić information content (AvgIpc) is 3.10. The zero-order chi connectivity index (χ0) is 16.8. The Kier molecular flexibility index (Phi) is 3.59. The molecule has 0 aliphatic heterocycles. The maximum absolute atomic E-state index is 6.47. The predicted molar refractivity (Wildman–Crippen MR) is 98.0 cm³/mol. The number of aromatic nitrogens is 4. The average molecular weight is 357 g/mol. The van der Waals surface area contributed by atoms with Crippen LogP contribution < -0.4 is 0 Å². The largest absolute Gasteiger partial charge is 0.283 e. The number of imidazole rings is 1. The van der Waals surface area contributed by atoms with Crippen LogP contribution in [0.3, 0.4) is 0 Å². The number of fused-ring (bicyclic) bond motifs is 1. The molecule has 0 fully saturated rings. The van der Waals surface area contributed by atoms with E-state index in [0.29, 0.717) is 10.0 Å². The molecule has 120 valence electrons. The molecule has 0 saturated heterocycles. The molecule has 2 heterocycles. The lowest BCUT2D eigenvalue weighted by Gasteiger charge is -2.11. The zero-order valence-corrected chi connectivity index (χ0v) is 14.7. The highest BCUT2D eigenvalue weighted by molar-refractivity contribution is 6.43. The third-order valence-corrected chi connectivity index (χ3v) is 4.91. The molecule has 4 aromatic rings. The van der Waals surface area contributed by atoms with E-state index in [1.807, 2.05) is 65.9 Å². The van der Waals surface area contributed by atoms with Crippen molar-refractivity contribution in [2.24, 2.45) is 7.05 Å². The minimum Gasteiger partial charge on any atom is -0.283 e. The van der Waals surface area contributed by atoms with E-state index < -0.39 is 0 Å². The summed E-state index contributed by atoms with van der Waals surface area (Å²) in [5, 5.41) is 5.64. The molecule has 0 aliphatic carbocycles. The molecular formula is C18H14Cl2N4. The van der Waals surface area contributed by atoms with E-state index in [9.17, 15) is 0 Å². The van der Waals surface area contributed by atoms with E-state index in [1.165, 1.54) is 0 Å². The van der Waals surface area contributed by atoms with Crippen LogP contribution in [0, 0.1) is 6.92 Å². The number of rotatable bonds is 2. The van der Waals surface area contributed by atoms with Crippen LogP contribution >= 0.6 is 23.2 Å². The fraction of sp³-hybridized carbons (Fsp3) is 0.111. The van der Waals surface area contributed by atoms with E-state index in [2.05, 4.69) is 10.1 Å². The van der Waals surface area contributed by atoms with E-state index in [-0.39, 0.29) is 0 Å². The zero-order valence-electron chi connectivity index (χ0n) is 13.2. The van der Waals surface area contributed by atoms with Crippen molar-refractivity contribution in [3.63, 3.8) is 0 Å². The van der Waals surface area contributed by atoms with Crippen molar-refractivity contribution in [3.8, 4) is 16.9 Å². The number of aryl methyl sites for hydroxylation is 2. The Bertz CT molecular complexity index is 1060. The highest BCUT2D eigenvalue weighted by atomic mass is 35.5. The first kappa shape index (κ1) is 15.2. The molecule has 0 aliphatic rings. The van der Waals surface area contributed by atoms with Gasteiger partial charge in [0.05, 0.1) is 26.8 Å². The molecule has 2 aromatic carbocycles. The summed E-state index contributed by atoms with van der Waals surface area (Å²) >= 11 is 12.7. The Morgan fingerprint density at radius 3 is 2.62 bits per heavy atom. The number of hydrogen-bond acceptors (Lipinski definition) is 2. The Hall–Kier alpha value is -2.30. The van der Waals surface area contributed by atoms with Crippen molar-refractivity contribution in [1.82, 2.24) is 19.3 Å². The molecule has 0 atom stereocenters. The fourth-order valence-corrected chi connectivity index (χ4v) is 3.46. The molecule has 6 heteroatoms. The van der Waals surface area contributed by atoms with Crippen molar-refractivity contribution in [2.75, 3.05) is 0 Å². The summed E-state index contributed by atoms with van der Waals surface area (Å²) in [7, 11) is 1.92. The van der Waals surface area contributed by atoms with Gasteiger partial charge in [-0.2, -0.15) is 5.10 Å². The summed E-state index contributed by atoms with van der Waals surface area (Å²) < 4.78 is 3.87. The summed E-state index contributed by atoms with van der Waals surface area (Å²) in [6, 6.07) is 13.6. The van der Waals surface area contributed by atoms with E-state index in [0.717, 1.165) is 33.7 Å². The van der Waals surface area contributed by atoms with Gasteiger partial charge >= 0.3 is 0 Å². The van der Waals surface area contributed by atoms with Gasteiger partial charge in [-0.25, -0.2) is 4.98 Å². The third-order valence-electron chi connectivity index (χ3n) is 4.09. The second kappa shape index (κ2) is 5.65. The van der Waals surface area contributed by atoms with Gasteiger partial charge in [0.1, 0.15) is 12.1 Å². The molecular weight excluding hydrogens is 343 g/mol. The van der Waals surface area contributed by atoms with Crippen molar-refractivity contribution >= 4 is 34.2 Å². The lowest BCUT2D eigenvalue weighted by Crippen LogP contribution is -2.03. The molecule has 24 heavy (non-hydrogen) atoms.